The van der Waals surface area contributed by atoms with E-state index in [4.69, 9.17) is 9.47 Å². The van der Waals surface area contributed by atoms with Crippen LogP contribution >= 0.6 is 12.4 Å². The summed E-state index contributed by atoms with van der Waals surface area (Å²) in [5.41, 5.74) is 2.14. The molecule has 0 saturated carbocycles. The molecule has 0 fully saturated rings. The summed E-state index contributed by atoms with van der Waals surface area (Å²) in [6.45, 7) is 5.11. The molecule has 1 aromatic rings. The lowest BCUT2D eigenvalue weighted by molar-refractivity contribution is 0.168. The normalized spacial score (nSPS) is 27.7. The maximum absolute atomic E-state index is 6.19. The number of benzene rings is 1. The summed E-state index contributed by atoms with van der Waals surface area (Å²) in [7, 11) is 1.68. The number of halogens is 1. The molecule has 3 rings (SSSR count). The van der Waals surface area contributed by atoms with Crippen LogP contribution in [0.5, 0.6) is 11.5 Å². The van der Waals surface area contributed by atoms with Crippen LogP contribution < -0.4 is 9.47 Å². The second kappa shape index (κ2) is 4.47. The van der Waals surface area contributed by atoms with Crippen molar-refractivity contribution in [1.82, 2.24) is 0 Å². The molecule has 2 heterocycles. The first-order valence-electron chi connectivity index (χ1n) is 6.10. The van der Waals surface area contributed by atoms with Gasteiger partial charge in [0.2, 0.25) is 0 Å². The lowest BCUT2D eigenvalue weighted by Gasteiger charge is -2.25. The molecule has 0 aromatic heterocycles. The fraction of sp³-hybridized carbons (Fsp3) is 0.500. The van der Waals surface area contributed by atoms with Gasteiger partial charge in [-0.3, -0.25) is 4.99 Å². The average Bonchev–Trinajstić information content (AvgIpc) is 2.79. The van der Waals surface area contributed by atoms with Gasteiger partial charge in [-0.2, -0.15) is 0 Å². The number of ether oxygens (including phenoxy) is 2. The van der Waals surface area contributed by atoms with Gasteiger partial charge in [0.05, 0.1) is 25.3 Å². The van der Waals surface area contributed by atoms with Crippen molar-refractivity contribution in [3.8, 4) is 11.5 Å². The summed E-state index contributed by atoms with van der Waals surface area (Å²) in [6, 6.07) is 6.10. The number of methoxy groups -OCH3 is 1. The van der Waals surface area contributed by atoms with E-state index in [1.54, 1.807) is 7.11 Å². The molecule has 18 heavy (non-hydrogen) atoms. The minimum atomic E-state index is -0.258. The van der Waals surface area contributed by atoms with E-state index >= 15 is 0 Å². The third-order valence-corrected chi connectivity index (χ3v) is 3.96. The molecule has 3 nitrogen and oxygen atoms in total. The van der Waals surface area contributed by atoms with Crippen LogP contribution in [0.3, 0.4) is 0 Å². The van der Waals surface area contributed by atoms with E-state index < -0.39 is 0 Å². The van der Waals surface area contributed by atoms with Crippen molar-refractivity contribution in [2.45, 2.75) is 31.8 Å². The second-order valence-electron chi connectivity index (χ2n) is 4.78. The van der Waals surface area contributed by atoms with Gasteiger partial charge in [0.15, 0.2) is 17.1 Å². The molecule has 2 aliphatic heterocycles. The van der Waals surface area contributed by atoms with Crippen LogP contribution in [0.15, 0.2) is 23.2 Å². The van der Waals surface area contributed by atoms with Gasteiger partial charge in [-0.15, -0.1) is 12.4 Å². The van der Waals surface area contributed by atoms with E-state index in [2.05, 4.69) is 24.9 Å². The average molecular weight is 268 g/mol. The molecule has 98 valence electrons. The number of para-hydroxylation sites is 1. The van der Waals surface area contributed by atoms with E-state index in [0.717, 1.165) is 24.5 Å². The standard InChI is InChI=1S/C14H17NO2.ClH/c1-4-12-14(2)10(8-15-12)9-6-5-7-11(16-3)13(9)17-14;/h5-7,10H,4,8H2,1-3H3;1H. The third-order valence-electron chi connectivity index (χ3n) is 3.96. The summed E-state index contributed by atoms with van der Waals surface area (Å²) in [4.78, 5) is 4.62. The van der Waals surface area contributed by atoms with Crippen LogP contribution in [0.4, 0.5) is 0 Å². The van der Waals surface area contributed by atoms with Gasteiger partial charge < -0.3 is 9.47 Å². The fourth-order valence-corrected chi connectivity index (χ4v) is 3.01. The van der Waals surface area contributed by atoms with Gasteiger partial charge in [0, 0.05) is 5.56 Å². The van der Waals surface area contributed by atoms with Crippen LogP contribution in [0.2, 0.25) is 0 Å². The Bertz CT molecular complexity index is 501. The minimum Gasteiger partial charge on any atom is -0.493 e. The summed E-state index contributed by atoms with van der Waals surface area (Å²) in [6.07, 6.45) is 0.948. The van der Waals surface area contributed by atoms with Crippen molar-refractivity contribution in [1.29, 1.82) is 0 Å². The molecule has 4 heteroatoms. The molecule has 0 amide bonds. The summed E-state index contributed by atoms with van der Waals surface area (Å²) >= 11 is 0. The first-order chi connectivity index (χ1) is 8.20. The van der Waals surface area contributed by atoms with Crippen LogP contribution in [0.1, 0.15) is 31.7 Å². The quantitative estimate of drug-likeness (QED) is 0.824. The van der Waals surface area contributed by atoms with Crippen molar-refractivity contribution in [3.63, 3.8) is 0 Å². The van der Waals surface area contributed by atoms with Gasteiger partial charge in [0.1, 0.15) is 0 Å². The van der Waals surface area contributed by atoms with Crippen LogP contribution in [-0.2, 0) is 0 Å². The van der Waals surface area contributed by atoms with Crippen molar-refractivity contribution >= 4 is 18.1 Å². The predicted molar refractivity (Wildman–Crippen MR) is 74.6 cm³/mol. The highest BCUT2D eigenvalue weighted by molar-refractivity contribution is 5.96. The number of nitrogens with zero attached hydrogens (tertiary/aromatic N) is 1. The van der Waals surface area contributed by atoms with Gasteiger partial charge in [-0.1, -0.05) is 19.1 Å². The molecular formula is C14H18ClNO2. The maximum atomic E-state index is 6.19. The highest BCUT2D eigenvalue weighted by Gasteiger charge is 2.51. The van der Waals surface area contributed by atoms with Crippen LogP contribution in [0.25, 0.3) is 0 Å². The monoisotopic (exact) mass is 267 g/mol. The first kappa shape index (κ1) is 13.2. The lowest BCUT2D eigenvalue weighted by Crippen LogP contribution is -2.39. The second-order valence-corrected chi connectivity index (χ2v) is 4.78. The summed E-state index contributed by atoms with van der Waals surface area (Å²) < 4.78 is 11.6. The zero-order valence-corrected chi connectivity index (χ0v) is 11.7. The first-order valence-corrected chi connectivity index (χ1v) is 6.10. The van der Waals surface area contributed by atoms with Crippen molar-refractivity contribution in [3.05, 3.63) is 23.8 Å². The van der Waals surface area contributed by atoms with Crippen molar-refractivity contribution in [2.24, 2.45) is 4.99 Å². The number of hydrogen-bond acceptors (Lipinski definition) is 3. The van der Waals surface area contributed by atoms with Crippen LogP contribution in [-0.4, -0.2) is 25.0 Å². The zero-order chi connectivity index (χ0) is 12.0. The SMILES string of the molecule is CCC1=NCC2c3cccc(OC)c3OC12C.Cl. The molecule has 2 unspecified atom stereocenters. The fourth-order valence-electron chi connectivity index (χ4n) is 3.01. The lowest BCUT2D eigenvalue weighted by atomic mass is 9.84. The number of hydrogen-bond donors (Lipinski definition) is 0. The molecular weight excluding hydrogens is 250 g/mol. The van der Waals surface area contributed by atoms with E-state index in [1.807, 2.05) is 12.1 Å². The Balaban J connectivity index is 0.00000120. The molecule has 2 atom stereocenters. The van der Waals surface area contributed by atoms with E-state index in [1.165, 1.54) is 11.3 Å². The molecule has 0 bridgehead atoms. The zero-order valence-electron chi connectivity index (χ0n) is 10.9. The van der Waals surface area contributed by atoms with Gasteiger partial charge in [0.25, 0.3) is 0 Å². The maximum Gasteiger partial charge on any atom is 0.166 e. The molecule has 0 spiro atoms. The smallest absolute Gasteiger partial charge is 0.166 e. The number of fused-ring (bicyclic) bond motifs is 3. The highest BCUT2D eigenvalue weighted by Crippen LogP contribution is 2.52. The molecule has 0 radical (unpaired) electrons. The summed E-state index contributed by atoms with van der Waals surface area (Å²) in [5, 5.41) is 0. The topological polar surface area (TPSA) is 30.8 Å². The van der Waals surface area contributed by atoms with E-state index in [0.29, 0.717) is 5.92 Å². The Morgan fingerprint density at radius 3 is 2.94 bits per heavy atom. The Morgan fingerprint density at radius 1 is 1.50 bits per heavy atom. The Kier molecular flexibility index (Phi) is 3.28. The Labute approximate surface area is 114 Å². The van der Waals surface area contributed by atoms with Crippen molar-refractivity contribution in [2.75, 3.05) is 13.7 Å². The van der Waals surface area contributed by atoms with Crippen molar-refractivity contribution < 1.29 is 9.47 Å². The van der Waals surface area contributed by atoms with Gasteiger partial charge in [-0.05, 0) is 19.4 Å². The highest BCUT2D eigenvalue weighted by atomic mass is 35.5. The Morgan fingerprint density at radius 2 is 2.28 bits per heavy atom. The van der Waals surface area contributed by atoms with Crippen LogP contribution in [0, 0.1) is 0 Å². The van der Waals surface area contributed by atoms with E-state index in [-0.39, 0.29) is 18.0 Å². The third kappa shape index (κ3) is 1.53. The Hall–Kier alpha value is -1.22. The minimum absolute atomic E-state index is 0. The number of aliphatic imine (C=N–C) groups is 1. The molecule has 0 saturated heterocycles. The molecule has 0 aliphatic carbocycles. The molecule has 0 N–H and O–H groups in total. The van der Waals surface area contributed by atoms with E-state index in [9.17, 15) is 0 Å². The largest absolute Gasteiger partial charge is 0.493 e. The molecule has 1 aromatic carbocycles. The molecule has 2 aliphatic rings. The van der Waals surface area contributed by atoms with Gasteiger partial charge in [-0.25, -0.2) is 0 Å². The predicted octanol–water partition coefficient (Wildman–Crippen LogP) is 3.22. The number of rotatable bonds is 2. The summed E-state index contributed by atoms with van der Waals surface area (Å²) in [5.74, 6) is 2.08. The van der Waals surface area contributed by atoms with Gasteiger partial charge >= 0.3 is 0 Å².